The summed E-state index contributed by atoms with van der Waals surface area (Å²) in [7, 11) is 0. The summed E-state index contributed by atoms with van der Waals surface area (Å²) in [4.78, 5) is 10.9. The molecule has 0 aliphatic rings. The molecule has 0 atom stereocenters. The fraction of sp³-hybridized carbons (Fsp3) is 0.273. The Hall–Kier alpha value is -1.91. The molecule has 0 amide bonds. The maximum Gasteiger partial charge on any atom is 0.337 e. The van der Waals surface area contributed by atoms with E-state index in [1.807, 2.05) is 0 Å². The van der Waals surface area contributed by atoms with Crippen molar-refractivity contribution in [2.75, 3.05) is 0 Å². The lowest BCUT2D eigenvalue weighted by Crippen LogP contribution is -2.10. The van der Waals surface area contributed by atoms with Crippen molar-refractivity contribution in [1.29, 1.82) is 0 Å². The summed E-state index contributed by atoms with van der Waals surface area (Å²) in [5, 5.41) is 15.9. The van der Waals surface area contributed by atoms with Gasteiger partial charge in [0.2, 0.25) is 0 Å². The van der Waals surface area contributed by atoms with Gasteiger partial charge >= 0.3 is 5.97 Å². The average molecular weight is 222 g/mol. The van der Waals surface area contributed by atoms with Gasteiger partial charge in [-0.25, -0.2) is 9.18 Å². The molecular formula is C11H11FN2O2. The van der Waals surface area contributed by atoms with Crippen LogP contribution in [0.2, 0.25) is 0 Å². The summed E-state index contributed by atoms with van der Waals surface area (Å²) < 4.78 is 13.8. The number of carboxylic acid groups (broad SMARTS) is 1. The first-order valence-electron chi connectivity index (χ1n) is 4.81. The van der Waals surface area contributed by atoms with Crippen LogP contribution in [0.15, 0.2) is 18.2 Å². The number of alkyl halides is 1. The normalized spacial score (nSPS) is 11.9. The highest BCUT2D eigenvalue weighted by Crippen LogP contribution is 2.30. The zero-order valence-electron chi connectivity index (χ0n) is 8.91. The van der Waals surface area contributed by atoms with E-state index in [9.17, 15) is 9.18 Å². The molecule has 1 heterocycles. The number of rotatable bonds is 2. The number of nitrogens with one attached hydrogen (secondary N) is 1. The maximum atomic E-state index is 13.8. The molecular weight excluding hydrogens is 211 g/mol. The van der Waals surface area contributed by atoms with Gasteiger partial charge in [-0.05, 0) is 19.9 Å². The Kier molecular flexibility index (Phi) is 2.18. The molecule has 2 aromatic rings. The number of carbonyl (C=O) groups is 1. The van der Waals surface area contributed by atoms with E-state index in [4.69, 9.17) is 5.11 Å². The number of fused-ring (bicyclic) bond motifs is 1. The fourth-order valence-electron chi connectivity index (χ4n) is 1.66. The molecule has 1 aromatic carbocycles. The minimum absolute atomic E-state index is 0.0734. The number of aromatic nitrogens is 2. The Morgan fingerprint density at radius 1 is 1.50 bits per heavy atom. The van der Waals surface area contributed by atoms with Gasteiger partial charge in [-0.2, -0.15) is 5.10 Å². The number of hydrogen-bond donors (Lipinski definition) is 2. The second-order valence-electron chi connectivity index (χ2n) is 4.08. The predicted molar refractivity (Wildman–Crippen MR) is 57.2 cm³/mol. The van der Waals surface area contributed by atoms with E-state index in [2.05, 4.69) is 10.2 Å². The van der Waals surface area contributed by atoms with Crippen molar-refractivity contribution in [3.63, 3.8) is 0 Å². The standard InChI is InChI=1S/C11H11FN2O2/c1-11(2,12)9-6-4-3-5-7(10(15)16)8(6)13-14-9/h3-5H,1-2H3,(H,13,14)(H,15,16). The van der Waals surface area contributed by atoms with Gasteiger partial charge in [0.05, 0.1) is 11.3 Å². The Balaban J connectivity index is 2.76. The molecule has 2 N–H and O–H groups in total. The summed E-state index contributed by atoms with van der Waals surface area (Å²) in [5.41, 5.74) is -0.920. The lowest BCUT2D eigenvalue weighted by atomic mass is 10.0. The minimum Gasteiger partial charge on any atom is -0.478 e. The van der Waals surface area contributed by atoms with Crippen LogP contribution in [-0.4, -0.2) is 21.3 Å². The van der Waals surface area contributed by atoms with Gasteiger partial charge in [-0.15, -0.1) is 0 Å². The lowest BCUT2D eigenvalue weighted by Gasteiger charge is -2.11. The third-order valence-corrected chi connectivity index (χ3v) is 2.41. The molecule has 4 nitrogen and oxygen atoms in total. The summed E-state index contributed by atoms with van der Waals surface area (Å²) in [5.74, 6) is -1.07. The van der Waals surface area contributed by atoms with Gasteiger partial charge in [0, 0.05) is 5.39 Å². The van der Waals surface area contributed by atoms with Crippen molar-refractivity contribution >= 4 is 16.9 Å². The van der Waals surface area contributed by atoms with Gasteiger partial charge in [0.15, 0.2) is 0 Å². The average Bonchev–Trinajstić information content (AvgIpc) is 2.59. The van der Waals surface area contributed by atoms with Gasteiger partial charge in [-0.3, -0.25) is 5.10 Å². The second-order valence-corrected chi connectivity index (χ2v) is 4.08. The topological polar surface area (TPSA) is 66.0 Å². The van der Waals surface area contributed by atoms with Crippen molar-refractivity contribution < 1.29 is 14.3 Å². The zero-order valence-corrected chi connectivity index (χ0v) is 8.91. The number of hydrogen-bond acceptors (Lipinski definition) is 2. The lowest BCUT2D eigenvalue weighted by molar-refractivity contribution is 0.0699. The molecule has 0 spiro atoms. The molecule has 0 unspecified atom stereocenters. The van der Waals surface area contributed by atoms with Crippen LogP contribution in [0.4, 0.5) is 4.39 Å². The summed E-state index contributed by atoms with van der Waals surface area (Å²) in [6.07, 6.45) is 0. The van der Waals surface area contributed by atoms with Crippen molar-refractivity contribution in [3.05, 3.63) is 29.5 Å². The molecule has 0 aliphatic heterocycles. The minimum atomic E-state index is -1.58. The molecule has 5 heteroatoms. The first-order valence-corrected chi connectivity index (χ1v) is 4.81. The van der Waals surface area contributed by atoms with E-state index in [1.165, 1.54) is 19.9 Å². The Morgan fingerprint density at radius 3 is 2.75 bits per heavy atom. The molecule has 0 radical (unpaired) electrons. The van der Waals surface area contributed by atoms with Crippen LogP contribution in [0, 0.1) is 0 Å². The van der Waals surface area contributed by atoms with Crippen LogP contribution < -0.4 is 0 Å². The first-order chi connectivity index (χ1) is 7.41. The SMILES string of the molecule is CC(C)(F)c1[nH]nc2c(C(=O)O)cccc12. The second kappa shape index (κ2) is 3.30. The number of benzene rings is 1. The van der Waals surface area contributed by atoms with Crippen LogP contribution in [0.25, 0.3) is 10.9 Å². The fourth-order valence-corrected chi connectivity index (χ4v) is 1.66. The number of para-hydroxylation sites is 1. The highest BCUT2D eigenvalue weighted by atomic mass is 19.1. The summed E-state index contributed by atoms with van der Waals surface area (Å²) in [6.45, 7) is 2.79. The number of carboxylic acids is 1. The third kappa shape index (κ3) is 1.54. The zero-order chi connectivity index (χ0) is 11.9. The highest BCUT2D eigenvalue weighted by molar-refractivity contribution is 6.02. The van der Waals surface area contributed by atoms with Gasteiger partial charge in [0.1, 0.15) is 11.2 Å². The number of aromatic amines is 1. The van der Waals surface area contributed by atoms with Crippen LogP contribution in [0.3, 0.4) is 0 Å². The molecule has 0 fully saturated rings. The predicted octanol–water partition coefficient (Wildman–Crippen LogP) is 2.47. The Bertz CT molecular complexity index is 555. The van der Waals surface area contributed by atoms with Crippen LogP contribution in [0.1, 0.15) is 29.9 Å². The maximum absolute atomic E-state index is 13.8. The van der Waals surface area contributed by atoms with Crippen molar-refractivity contribution in [2.24, 2.45) is 0 Å². The molecule has 16 heavy (non-hydrogen) atoms. The number of aromatic carboxylic acids is 1. The van der Waals surface area contributed by atoms with Crippen LogP contribution >= 0.6 is 0 Å². The molecule has 2 rings (SSSR count). The van der Waals surface area contributed by atoms with Crippen LogP contribution in [-0.2, 0) is 5.67 Å². The van der Waals surface area contributed by atoms with E-state index >= 15 is 0 Å². The van der Waals surface area contributed by atoms with Crippen LogP contribution in [0.5, 0.6) is 0 Å². The van der Waals surface area contributed by atoms with Gasteiger partial charge in [0.25, 0.3) is 0 Å². The summed E-state index contributed by atoms with van der Waals surface area (Å²) in [6, 6.07) is 4.68. The number of nitrogens with zero attached hydrogens (tertiary/aromatic N) is 1. The van der Waals surface area contributed by atoms with E-state index in [1.54, 1.807) is 12.1 Å². The Labute approximate surface area is 91.1 Å². The van der Waals surface area contributed by atoms with Crippen molar-refractivity contribution in [2.45, 2.75) is 19.5 Å². The monoisotopic (exact) mass is 222 g/mol. The molecule has 0 saturated heterocycles. The van der Waals surface area contributed by atoms with E-state index in [0.717, 1.165) is 0 Å². The quantitative estimate of drug-likeness (QED) is 0.820. The first kappa shape index (κ1) is 10.6. The molecule has 84 valence electrons. The van der Waals surface area contributed by atoms with E-state index < -0.39 is 11.6 Å². The number of halogens is 1. The van der Waals surface area contributed by atoms with E-state index in [-0.39, 0.29) is 11.1 Å². The molecule has 0 saturated carbocycles. The number of H-pyrrole nitrogens is 1. The van der Waals surface area contributed by atoms with E-state index in [0.29, 0.717) is 11.1 Å². The van der Waals surface area contributed by atoms with Gasteiger partial charge < -0.3 is 5.11 Å². The van der Waals surface area contributed by atoms with Crippen molar-refractivity contribution in [3.8, 4) is 0 Å². The molecule has 0 bridgehead atoms. The summed E-state index contributed by atoms with van der Waals surface area (Å²) >= 11 is 0. The molecule has 0 aliphatic carbocycles. The van der Waals surface area contributed by atoms with Gasteiger partial charge in [-0.1, -0.05) is 12.1 Å². The third-order valence-electron chi connectivity index (χ3n) is 2.41. The van der Waals surface area contributed by atoms with Crippen molar-refractivity contribution in [1.82, 2.24) is 10.2 Å². The Morgan fingerprint density at radius 2 is 2.19 bits per heavy atom. The largest absolute Gasteiger partial charge is 0.478 e. The smallest absolute Gasteiger partial charge is 0.337 e. The molecule has 1 aromatic heterocycles. The highest BCUT2D eigenvalue weighted by Gasteiger charge is 2.25.